The van der Waals surface area contributed by atoms with E-state index in [1.807, 2.05) is 13.8 Å². The number of hydrogen-bond acceptors (Lipinski definition) is 1. The second kappa shape index (κ2) is 5.72. The molecule has 100 valence electrons. The monoisotopic (exact) mass is 277 g/mol. The molecule has 0 saturated heterocycles. The van der Waals surface area contributed by atoms with Gasteiger partial charge in [0.25, 0.3) is 0 Å². The summed E-state index contributed by atoms with van der Waals surface area (Å²) in [6.45, 7) is 4.07. The molecule has 0 amide bonds. The second-order valence-corrected chi connectivity index (χ2v) is 5.29. The highest BCUT2D eigenvalue weighted by molar-refractivity contribution is 6.30. The Balaban J connectivity index is 2.28. The number of hydrogen-bond donors (Lipinski definition) is 1. The Hall–Kier alpha value is -1.38. The molecule has 3 heteroatoms. The molecule has 0 radical (unpaired) electrons. The van der Waals surface area contributed by atoms with Crippen molar-refractivity contribution in [2.45, 2.75) is 26.3 Å². The first kappa shape index (κ1) is 14.0. The van der Waals surface area contributed by atoms with Crippen molar-refractivity contribution in [2.24, 2.45) is 5.73 Å². The Kier molecular flexibility index (Phi) is 4.23. The maximum atomic E-state index is 13.9. The van der Waals surface area contributed by atoms with E-state index in [2.05, 4.69) is 18.2 Å². The average Bonchev–Trinajstić information content (AvgIpc) is 2.37. The summed E-state index contributed by atoms with van der Waals surface area (Å²) in [5.74, 6) is -0.415. The molecule has 2 aromatic carbocycles. The van der Waals surface area contributed by atoms with E-state index in [-0.39, 0.29) is 11.1 Å². The van der Waals surface area contributed by atoms with E-state index in [4.69, 9.17) is 17.3 Å². The predicted octanol–water partition coefficient (Wildman–Crippen LogP) is 4.34. The van der Waals surface area contributed by atoms with Crippen molar-refractivity contribution in [1.82, 2.24) is 0 Å². The lowest BCUT2D eigenvalue weighted by Crippen LogP contribution is -2.15. The fourth-order valence-corrected chi connectivity index (χ4v) is 2.36. The van der Waals surface area contributed by atoms with E-state index in [0.717, 1.165) is 5.56 Å². The van der Waals surface area contributed by atoms with Crippen LogP contribution in [0.2, 0.25) is 5.02 Å². The van der Waals surface area contributed by atoms with E-state index in [1.54, 1.807) is 12.1 Å². The van der Waals surface area contributed by atoms with Gasteiger partial charge >= 0.3 is 0 Å². The third-order valence-corrected chi connectivity index (χ3v) is 3.62. The molecule has 0 spiro atoms. The van der Waals surface area contributed by atoms with Crippen molar-refractivity contribution in [3.05, 3.63) is 69.5 Å². The van der Waals surface area contributed by atoms with E-state index < -0.39 is 5.82 Å². The zero-order chi connectivity index (χ0) is 14.0. The van der Waals surface area contributed by atoms with Gasteiger partial charge in [-0.15, -0.1) is 0 Å². The average molecular weight is 278 g/mol. The van der Waals surface area contributed by atoms with Crippen molar-refractivity contribution < 1.29 is 4.39 Å². The van der Waals surface area contributed by atoms with Crippen LogP contribution in [-0.4, -0.2) is 0 Å². The van der Waals surface area contributed by atoms with Gasteiger partial charge in [-0.1, -0.05) is 47.5 Å². The molecule has 0 bridgehead atoms. The van der Waals surface area contributed by atoms with Crippen molar-refractivity contribution in [3.8, 4) is 0 Å². The topological polar surface area (TPSA) is 26.0 Å². The van der Waals surface area contributed by atoms with Crippen LogP contribution in [0.4, 0.5) is 4.39 Å². The summed E-state index contributed by atoms with van der Waals surface area (Å²) < 4.78 is 13.9. The Bertz CT molecular complexity index is 595. The van der Waals surface area contributed by atoms with Gasteiger partial charge in [0.05, 0.1) is 5.02 Å². The third kappa shape index (κ3) is 3.14. The standard InChI is InChI=1S/C16H17ClFN/c1-10-6-7-11(2)12(8-10)9-15(19)13-4-3-5-14(17)16(13)18/h3-8,15H,9,19H2,1-2H3. The maximum Gasteiger partial charge on any atom is 0.146 e. The van der Waals surface area contributed by atoms with E-state index in [1.165, 1.54) is 17.2 Å². The second-order valence-electron chi connectivity index (χ2n) is 4.88. The van der Waals surface area contributed by atoms with Gasteiger partial charge in [0.15, 0.2) is 0 Å². The van der Waals surface area contributed by atoms with Gasteiger partial charge in [-0.25, -0.2) is 4.39 Å². The van der Waals surface area contributed by atoms with Crippen molar-refractivity contribution in [1.29, 1.82) is 0 Å². The fourth-order valence-electron chi connectivity index (χ4n) is 2.17. The Labute approximate surface area is 118 Å². The summed E-state index contributed by atoms with van der Waals surface area (Å²) >= 11 is 5.79. The molecule has 1 nitrogen and oxygen atoms in total. The third-order valence-electron chi connectivity index (χ3n) is 3.33. The van der Waals surface area contributed by atoms with Gasteiger partial charge in [0, 0.05) is 11.6 Å². The van der Waals surface area contributed by atoms with Gasteiger partial charge in [-0.2, -0.15) is 0 Å². The van der Waals surface area contributed by atoms with Crippen LogP contribution in [0.1, 0.15) is 28.3 Å². The first-order valence-corrected chi connectivity index (χ1v) is 6.62. The van der Waals surface area contributed by atoms with Crippen LogP contribution in [0.5, 0.6) is 0 Å². The molecule has 0 aliphatic heterocycles. The summed E-state index contributed by atoms with van der Waals surface area (Å²) in [5, 5.41) is 0.119. The van der Waals surface area contributed by atoms with Crippen LogP contribution in [0.15, 0.2) is 36.4 Å². The van der Waals surface area contributed by atoms with Gasteiger partial charge in [-0.3, -0.25) is 0 Å². The van der Waals surface area contributed by atoms with Gasteiger partial charge in [-0.05, 0) is 37.5 Å². The molecule has 1 atom stereocenters. The largest absolute Gasteiger partial charge is 0.324 e. The number of aryl methyl sites for hydroxylation is 2. The van der Waals surface area contributed by atoms with E-state index in [0.29, 0.717) is 12.0 Å². The van der Waals surface area contributed by atoms with Gasteiger partial charge in [0.1, 0.15) is 5.82 Å². The summed E-state index contributed by atoms with van der Waals surface area (Å²) in [6.07, 6.45) is 0.602. The molecule has 0 fully saturated rings. The highest BCUT2D eigenvalue weighted by Gasteiger charge is 2.15. The Morgan fingerprint density at radius 1 is 1.21 bits per heavy atom. The quantitative estimate of drug-likeness (QED) is 0.887. The lowest BCUT2D eigenvalue weighted by molar-refractivity contribution is 0.580. The zero-order valence-electron chi connectivity index (χ0n) is 11.1. The minimum Gasteiger partial charge on any atom is -0.324 e. The number of rotatable bonds is 3. The van der Waals surface area contributed by atoms with E-state index >= 15 is 0 Å². The molecular formula is C16H17ClFN. The first-order valence-electron chi connectivity index (χ1n) is 6.24. The molecule has 0 aromatic heterocycles. The zero-order valence-corrected chi connectivity index (χ0v) is 11.8. The lowest BCUT2D eigenvalue weighted by Gasteiger charge is -2.15. The molecule has 2 N–H and O–H groups in total. The number of nitrogens with two attached hydrogens (primary N) is 1. The first-order chi connectivity index (χ1) is 8.99. The SMILES string of the molecule is Cc1ccc(C)c(CC(N)c2cccc(Cl)c2F)c1. The maximum absolute atomic E-state index is 13.9. The van der Waals surface area contributed by atoms with E-state index in [9.17, 15) is 4.39 Å². The van der Waals surface area contributed by atoms with Crippen LogP contribution in [0, 0.1) is 19.7 Å². The summed E-state index contributed by atoms with van der Waals surface area (Å²) in [7, 11) is 0. The summed E-state index contributed by atoms with van der Waals surface area (Å²) in [5.41, 5.74) is 10.1. The van der Waals surface area contributed by atoms with Crippen LogP contribution in [0.3, 0.4) is 0 Å². The normalized spacial score (nSPS) is 12.5. The van der Waals surface area contributed by atoms with Crippen LogP contribution in [0.25, 0.3) is 0 Å². The Morgan fingerprint density at radius 3 is 2.68 bits per heavy atom. The molecule has 2 rings (SSSR count). The lowest BCUT2D eigenvalue weighted by atomic mass is 9.95. The molecule has 0 saturated carbocycles. The van der Waals surface area contributed by atoms with Crippen molar-refractivity contribution in [3.63, 3.8) is 0 Å². The highest BCUT2D eigenvalue weighted by Crippen LogP contribution is 2.25. The molecular weight excluding hydrogens is 261 g/mol. The molecule has 0 aliphatic rings. The van der Waals surface area contributed by atoms with Gasteiger partial charge in [0.2, 0.25) is 0 Å². The molecule has 2 aromatic rings. The van der Waals surface area contributed by atoms with Crippen LogP contribution < -0.4 is 5.73 Å². The summed E-state index contributed by atoms with van der Waals surface area (Å²) in [4.78, 5) is 0. The smallest absolute Gasteiger partial charge is 0.146 e. The molecule has 19 heavy (non-hydrogen) atoms. The minimum absolute atomic E-state index is 0.119. The van der Waals surface area contributed by atoms with Crippen LogP contribution >= 0.6 is 11.6 Å². The molecule has 1 unspecified atom stereocenters. The molecule has 0 heterocycles. The van der Waals surface area contributed by atoms with Crippen molar-refractivity contribution in [2.75, 3.05) is 0 Å². The summed E-state index contributed by atoms with van der Waals surface area (Å²) in [6, 6.07) is 10.8. The number of benzene rings is 2. The fraction of sp³-hybridized carbons (Fsp3) is 0.250. The highest BCUT2D eigenvalue weighted by atomic mass is 35.5. The van der Waals surface area contributed by atoms with Crippen LogP contribution in [-0.2, 0) is 6.42 Å². The van der Waals surface area contributed by atoms with Gasteiger partial charge < -0.3 is 5.73 Å². The number of halogens is 2. The predicted molar refractivity (Wildman–Crippen MR) is 78.0 cm³/mol. The van der Waals surface area contributed by atoms with Crippen molar-refractivity contribution >= 4 is 11.6 Å². The Morgan fingerprint density at radius 2 is 1.95 bits per heavy atom. The molecule has 0 aliphatic carbocycles. The minimum atomic E-state index is -0.415.